The van der Waals surface area contributed by atoms with E-state index < -0.39 is 0 Å². The van der Waals surface area contributed by atoms with Gasteiger partial charge < -0.3 is 19.3 Å². The normalized spacial score (nSPS) is 25.9. The second kappa shape index (κ2) is 7.18. The first-order valence-corrected chi connectivity index (χ1v) is 8.92. The van der Waals surface area contributed by atoms with Crippen LogP contribution in [0.25, 0.3) is 0 Å². The van der Waals surface area contributed by atoms with Crippen molar-refractivity contribution in [2.75, 3.05) is 46.0 Å². The summed E-state index contributed by atoms with van der Waals surface area (Å²) in [4.78, 5) is 27.7. The molecule has 0 aromatic carbocycles. The molecule has 3 saturated heterocycles. The maximum atomic E-state index is 12.0. The lowest BCUT2D eigenvalue weighted by Crippen LogP contribution is -2.66. The Hall–Kier alpha value is -1.14. The van der Waals surface area contributed by atoms with Crippen molar-refractivity contribution in [1.82, 2.24) is 9.80 Å². The molecule has 3 aliphatic rings. The topological polar surface area (TPSA) is 59.1 Å². The van der Waals surface area contributed by atoms with Gasteiger partial charge in [-0.3, -0.25) is 9.59 Å². The predicted molar refractivity (Wildman–Crippen MR) is 84.9 cm³/mol. The number of hydrogen-bond acceptors (Lipinski definition) is 4. The Morgan fingerprint density at radius 1 is 1.17 bits per heavy atom. The molecule has 0 aromatic heterocycles. The molecular weight excluding hydrogens is 296 g/mol. The van der Waals surface area contributed by atoms with Crippen LogP contribution in [0.4, 0.5) is 0 Å². The van der Waals surface area contributed by atoms with Crippen LogP contribution in [0.5, 0.6) is 0 Å². The smallest absolute Gasteiger partial charge is 0.248 e. The third kappa shape index (κ3) is 3.53. The Bertz CT molecular complexity index is 442. The Kier molecular flexibility index (Phi) is 5.21. The summed E-state index contributed by atoms with van der Waals surface area (Å²) in [6, 6.07) is 0. The van der Waals surface area contributed by atoms with E-state index in [0.29, 0.717) is 32.0 Å². The summed E-state index contributed by atoms with van der Waals surface area (Å²) in [6.07, 6.45) is 4.66. The summed E-state index contributed by atoms with van der Waals surface area (Å²) in [5, 5.41) is 0. The number of rotatable bonds is 6. The second-order valence-electron chi connectivity index (χ2n) is 7.00. The zero-order chi connectivity index (χ0) is 16.3. The monoisotopic (exact) mass is 324 g/mol. The molecular formula is C17H28N2O4. The molecule has 3 fully saturated rings. The van der Waals surface area contributed by atoms with Gasteiger partial charge >= 0.3 is 0 Å². The molecule has 3 heterocycles. The van der Waals surface area contributed by atoms with E-state index in [1.54, 1.807) is 0 Å². The molecule has 130 valence electrons. The van der Waals surface area contributed by atoms with E-state index in [2.05, 4.69) is 0 Å². The van der Waals surface area contributed by atoms with Crippen LogP contribution >= 0.6 is 0 Å². The van der Waals surface area contributed by atoms with Gasteiger partial charge in [0.1, 0.15) is 12.2 Å². The molecule has 6 nitrogen and oxygen atoms in total. The SMILES string of the molecule is CCCC(=O)N1CC2(C1)OCC[C@@H]2COCC(=O)N1CCCC1. The molecule has 0 N–H and O–H groups in total. The van der Waals surface area contributed by atoms with Gasteiger partial charge in [-0.25, -0.2) is 0 Å². The lowest BCUT2D eigenvalue weighted by molar-refractivity contribution is -0.169. The fraction of sp³-hybridized carbons (Fsp3) is 0.882. The van der Waals surface area contributed by atoms with Crippen LogP contribution in [0, 0.1) is 5.92 Å². The Morgan fingerprint density at radius 2 is 1.91 bits per heavy atom. The van der Waals surface area contributed by atoms with Crippen LogP contribution in [0.15, 0.2) is 0 Å². The van der Waals surface area contributed by atoms with Crippen molar-refractivity contribution < 1.29 is 19.1 Å². The summed E-state index contributed by atoms with van der Waals surface area (Å²) in [5.41, 5.74) is -0.222. The first kappa shape index (κ1) is 16.7. The van der Waals surface area contributed by atoms with Gasteiger partial charge in [0.05, 0.1) is 19.7 Å². The predicted octanol–water partition coefficient (Wildman–Crippen LogP) is 1.04. The zero-order valence-electron chi connectivity index (χ0n) is 14.1. The summed E-state index contributed by atoms with van der Waals surface area (Å²) >= 11 is 0. The highest BCUT2D eigenvalue weighted by atomic mass is 16.5. The number of ether oxygens (including phenoxy) is 2. The van der Waals surface area contributed by atoms with E-state index in [1.807, 2.05) is 16.7 Å². The molecule has 0 aromatic rings. The third-order valence-corrected chi connectivity index (χ3v) is 5.34. The van der Waals surface area contributed by atoms with E-state index in [-0.39, 0.29) is 24.0 Å². The average molecular weight is 324 g/mol. The van der Waals surface area contributed by atoms with Crippen LogP contribution < -0.4 is 0 Å². The number of hydrogen-bond donors (Lipinski definition) is 0. The number of amides is 2. The minimum atomic E-state index is -0.222. The summed E-state index contributed by atoms with van der Waals surface area (Å²) in [7, 11) is 0. The molecule has 6 heteroatoms. The quantitative estimate of drug-likeness (QED) is 0.732. The van der Waals surface area contributed by atoms with Crippen LogP contribution in [0.2, 0.25) is 0 Å². The minimum absolute atomic E-state index is 0.101. The maximum Gasteiger partial charge on any atom is 0.248 e. The first-order valence-electron chi connectivity index (χ1n) is 8.92. The van der Waals surface area contributed by atoms with E-state index >= 15 is 0 Å². The van der Waals surface area contributed by atoms with E-state index in [4.69, 9.17) is 9.47 Å². The maximum absolute atomic E-state index is 12.0. The van der Waals surface area contributed by atoms with Crippen LogP contribution in [-0.2, 0) is 19.1 Å². The van der Waals surface area contributed by atoms with Crippen LogP contribution in [-0.4, -0.2) is 73.2 Å². The van der Waals surface area contributed by atoms with Crippen molar-refractivity contribution in [2.24, 2.45) is 5.92 Å². The molecule has 1 atom stereocenters. The molecule has 1 spiro atoms. The Balaban J connectivity index is 1.41. The van der Waals surface area contributed by atoms with Gasteiger partial charge in [-0.1, -0.05) is 6.92 Å². The van der Waals surface area contributed by atoms with Crippen molar-refractivity contribution >= 4 is 11.8 Å². The first-order chi connectivity index (χ1) is 11.1. The average Bonchev–Trinajstić information content (AvgIpc) is 3.15. The summed E-state index contributed by atoms with van der Waals surface area (Å²) in [5.74, 6) is 0.612. The van der Waals surface area contributed by atoms with E-state index in [1.165, 1.54) is 0 Å². The van der Waals surface area contributed by atoms with Gasteiger partial charge in [-0.2, -0.15) is 0 Å². The molecule has 0 bridgehead atoms. The summed E-state index contributed by atoms with van der Waals surface area (Å²) < 4.78 is 11.6. The van der Waals surface area contributed by atoms with Gasteiger partial charge in [0.2, 0.25) is 11.8 Å². The van der Waals surface area contributed by atoms with Gasteiger partial charge in [0.25, 0.3) is 0 Å². The van der Waals surface area contributed by atoms with Crippen LogP contribution in [0.1, 0.15) is 39.0 Å². The highest BCUT2D eigenvalue weighted by Gasteiger charge is 2.54. The molecule has 23 heavy (non-hydrogen) atoms. The van der Waals surface area contributed by atoms with E-state index in [0.717, 1.165) is 45.4 Å². The zero-order valence-corrected chi connectivity index (χ0v) is 14.1. The van der Waals surface area contributed by atoms with Crippen molar-refractivity contribution in [1.29, 1.82) is 0 Å². The fourth-order valence-corrected chi connectivity index (χ4v) is 3.86. The number of carbonyl (C=O) groups excluding carboxylic acids is 2. The molecule has 3 rings (SSSR count). The fourth-order valence-electron chi connectivity index (χ4n) is 3.86. The van der Waals surface area contributed by atoms with Crippen molar-refractivity contribution in [3.8, 4) is 0 Å². The number of carbonyl (C=O) groups is 2. The molecule has 0 radical (unpaired) electrons. The lowest BCUT2D eigenvalue weighted by atomic mass is 9.81. The standard InChI is InChI=1S/C17H28N2O4/c1-2-5-15(20)19-12-17(13-19)14(6-9-23-17)10-22-11-16(21)18-7-3-4-8-18/h14H,2-13H2,1H3/t14-/m1/s1. The largest absolute Gasteiger partial charge is 0.371 e. The van der Waals surface area contributed by atoms with Crippen molar-refractivity contribution in [3.05, 3.63) is 0 Å². The molecule has 3 aliphatic heterocycles. The second-order valence-corrected chi connectivity index (χ2v) is 7.00. The molecule has 0 unspecified atom stereocenters. The van der Waals surface area contributed by atoms with E-state index in [9.17, 15) is 9.59 Å². The third-order valence-electron chi connectivity index (χ3n) is 5.34. The lowest BCUT2D eigenvalue weighted by Gasteiger charge is -2.50. The van der Waals surface area contributed by atoms with Gasteiger partial charge in [0.15, 0.2) is 0 Å². The minimum Gasteiger partial charge on any atom is -0.371 e. The summed E-state index contributed by atoms with van der Waals surface area (Å²) in [6.45, 7) is 6.57. The number of likely N-dealkylation sites (tertiary alicyclic amines) is 2. The highest BCUT2D eigenvalue weighted by Crippen LogP contribution is 2.40. The van der Waals surface area contributed by atoms with Crippen molar-refractivity contribution in [3.63, 3.8) is 0 Å². The van der Waals surface area contributed by atoms with Crippen molar-refractivity contribution in [2.45, 2.75) is 44.6 Å². The van der Waals surface area contributed by atoms with Gasteiger partial charge in [0, 0.05) is 32.0 Å². The molecule has 0 saturated carbocycles. The van der Waals surface area contributed by atoms with Crippen LogP contribution in [0.3, 0.4) is 0 Å². The molecule has 2 amide bonds. The molecule has 0 aliphatic carbocycles. The van der Waals surface area contributed by atoms with Gasteiger partial charge in [-0.15, -0.1) is 0 Å². The Morgan fingerprint density at radius 3 is 2.61 bits per heavy atom. The Labute approximate surface area is 138 Å². The number of nitrogens with zero attached hydrogens (tertiary/aromatic N) is 2. The van der Waals surface area contributed by atoms with Gasteiger partial charge in [-0.05, 0) is 25.7 Å². The highest BCUT2D eigenvalue weighted by molar-refractivity contribution is 5.78.